The number of nitro groups is 1. The highest BCUT2D eigenvalue weighted by Crippen LogP contribution is 2.32. The van der Waals surface area contributed by atoms with Gasteiger partial charge in [0.05, 0.1) is 23.3 Å². The minimum Gasteiger partial charge on any atom is -0.493 e. The molecule has 0 unspecified atom stereocenters. The van der Waals surface area contributed by atoms with Gasteiger partial charge in [0.15, 0.2) is 11.5 Å². The Morgan fingerprint density at radius 1 is 1.27 bits per heavy atom. The lowest BCUT2D eigenvalue weighted by Gasteiger charge is -2.08. The number of thiazole rings is 1. The molecule has 0 aliphatic rings. The van der Waals surface area contributed by atoms with E-state index in [4.69, 9.17) is 9.47 Å². The third kappa shape index (κ3) is 4.68. The van der Waals surface area contributed by atoms with Crippen molar-refractivity contribution in [3.63, 3.8) is 0 Å². The fourth-order valence-corrected chi connectivity index (χ4v) is 3.43. The number of ether oxygens (including phenoxy) is 2. The molecule has 0 atom stereocenters. The number of allylic oxidation sites excluding steroid dienone is 1. The molecule has 0 radical (unpaired) electrons. The fraction of sp³-hybridized carbons (Fsp3) is 0.0952. The topological polar surface area (TPSA) is 115 Å². The highest BCUT2D eigenvalue weighted by Gasteiger charge is 2.13. The Labute approximate surface area is 175 Å². The summed E-state index contributed by atoms with van der Waals surface area (Å²) in [5, 5.41) is 22.8. The normalized spacial score (nSPS) is 10.9. The van der Waals surface area contributed by atoms with Crippen molar-refractivity contribution >= 4 is 34.6 Å². The van der Waals surface area contributed by atoms with Crippen molar-refractivity contribution in [1.29, 1.82) is 5.26 Å². The number of rotatable bonds is 6. The first-order valence-corrected chi connectivity index (χ1v) is 9.48. The van der Waals surface area contributed by atoms with Crippen LogP contribution in [0.4, 0.5) is 5.69 Å². The third-order valence-corrected chi connectivity index (χ3v) is 4.84. The number of carbonyl (C=O) groups excluding carboxylic acids is 1. The third-order valence-electron chi connectivity index (χ3n) is 3.96. The zero-order valence-corrected chi connectivity index (χ0v) is 16.8. The van der Waals surface area contributed by atoms with E-state index in [-0.39, 0.29) is 11.4 Å². The van der Waals surface area contributed by atoms with Crippen LogP contribution in [0.1, 0.15) is 17.5 Å². The van der Waals surface area contributed by atoms with Crippen LogP contribution in [0.15, 0.2) is 47.8 Å². The molecule has 2 aromatic carbocycles. The van der Waals surface area contributed by atoms with E-state index in [0.29, 0.717) is 33.2 Å². The molecule has 0 aliphatic carbocycles. The molecule has 0 saturated heterocycles. The van der Waals surface area contributed by atoms with E-state index in [1.54, 1.807) is 41.8 Å². The number of hydrogen-bond donors (Lipinski definition) is 0. The Morgan fingerprint density at radius 3 is 2.73 bits per heavy atom. The second-order valence-corrected chi connectivity index (χ2v) is 6.88. The van der Waals surface area contributed by atoms with E-state index in [2.05, 4.69) is 11.1 Å². The monoisotopic (exact) mass is 421 g/mol. The van der Waals surface area contributed by atoms with Gasteiger partial charge in [0.2, 0.25) is 0 Å². The Kier molecular flexibility index (Phi) is 6.20. The van der Waals surface area contributed by atoms with Crippen molar-refractivity contribution in [2.75, 3.05) is 7.11 Å². The summed E-state index contributed by atoms with van der Waals surface area (Å²) in [6, 6.07) is 13.2. The maximum Gasteiger partial charge on any atom is 0.308 e. The van der Waals surface area contributed by atoms with E-state index in [0.717, 1.165) is 0 Å². The standard InChI is InChI=1S/C21H15N3O5S/c1-13(25)29-19-7-6-14(9-20(19)28-2)8-16(11-22)21-23-18(12-30-21)15-4-3-5-17(10-15)24(26)27/h3-10,12H,1-2H3. The van der Waals surface area contributed by atoms with Gasteiger partial charge in [-0.2, -0.15) is 5.26 Å². The first-order valence-electron chi connectivity index (χ1n) is 8.60. The van der Waals surface area contributed by atoms with Gasteiger partial charge < -0.3 is 9.47 Å². The van der Waals surface area contributed by atoms with Crippen molar-refractivity contribution in [2.24, 2.45) is 0 Å². The number of nitriles is 1. The van der Waals surface area contributed by atoms with E-state index in [1.165, 1.54) is 37.5 Å². The summed E-state index contributed by atoms with van der Waals surface area (Å²) >= 11 is 1.26. The van der Waals surface area contributed by atoms with Crippen LogP contribution in [0.5, 0.6) is 11.5 Å². The highest BCUT2D eigenvalue weighted by molar-refractivity contribution is 7.11. The number of carbonyl (C=O) groups is 1. The van der Waals surface area contributed by atoms with Gasteiger partial charge in [-0.3, -0.25) is 14.9 Å². The average Bonchev–Trinajstić information content (AvgIpc) is 3.22. The molecule has 0 aliphatic heterocycles. The summed E-state index contributed by atoms with van der Waals surface area (Å²) in [7, 11) is 1.45. The maximum atomic E-state index is 11.2. The first-order chi connectivity index (χ1) is 14.4. The molecule has 1 aromatic heterocycles. The van der Waals surface area contributed by atoms with E-state index >= 15 is 0 Å². The minimum absolute atomic E-state index is 0.0296. The largest absolute Gasteiger partial charge is 0.493 e. The molecule has 9 heteroatoms. The van der Waals surface area contributed by atoms with E-state index in [1.807, 2.05) is 0 Å². The SMILES string of the molecule is COc1cc(C=C(C#N)c2nc(-c3cccc([N+](=O)[O-])c3)cs2)ccc1OC(C)=O. The summed E-state index contributed by atoms with van der Waals surface area (Å²) in [5.74, 6) is 0.168. The molecule has 3 aromatic rings. The summed E-state index contributed by atoms with van der Waals surface area (Å²) in [6.07, 6.45) is 1.64. The summed E-state index contributed by atoms with van der Waals surface area (Å²) < 4.78 is 10.3. The van der Waals surface area contributed by atoms with Crippen molar-refractivity contribution in [1.82, 2.24) is 4.98 Å². The van der Waals surface area contributed by atoms with Gasteiger partial charge >= 0.3 is 5.97 Å². The van der Waals surface area contributed by atoms with Crippen LogP contribution in [-0.4, -0.2) is 23.0 Å². The van der Waals surface area contributed by atoms with Crippen molar-refractivity contribution < 1.29 is 19.2 Å². The molecule has 0 saturated carbocycles. The lowest BCUT2D eigenvalue weighted by molar-refractivity contribution is -0.384. The molecule has 150 valence electrons. The highest BCUT2D eigenvalue weighted by atomic mass is 32.1. The van der Waals surface area contributed by atoms with Crippen molar-refractivity contribution in [3.8, 4) is 28.8 Å². The van der Waals surface area contributed by atoms with Crippen molar-refractivity contribution in [3.05, 3.63) is 68.5 Å². The predicted octanol–water partition coefficient (Wildman–Crippen LogP) is 4.72. The molecule has 3 rings (SSSR count). The fourth-order valence-electron chi connectivity index (χ4n) is 2.63. The number of non-ortho nitro benzene ring substituents is 1. The Bertz CT molecular complexity index is 1190. The van der Waals surface area contributed by atoms with Crippen LogP contribution >= 0.6 is 11.3 Å². The molecule has 1 heterocycles. The number of nitro benzene ring substituents is 1. The van der Waals surface area contributed by atoms with Crippen LogP contribution in [0.25, 0.3) is 22.9 Å². The number of methoxy groups -OCH3 is 1. The molecule has 0 amide bonds. The number of esters is 1. The Morgan fingerprint density at radius 2 is 2.07 bits per heavy atom. The number of benzene rings is 2. The van der Waals surface area contributed by atoms with Gasteiger partial charge in [0.25, 0.3) is 5.69 Å². The Balaban J connectivity index is 1.93. The molecule has 0 spiro atoms. The molecule has 0 fully saturated rings. The van der Waals surface area contributed by atoms with Gasteiger partial charge in [0, 0.05) is 30.0 Å². The van der Waals surface area contributed by atoms with E-state index in [9.17, 15) is 20.2 Å². The lowest BCUT2D eigenvalue weighted by Crippen LogP contribution is -2.03. The minimum atomic E-state index is -0.468. The van der Waals surface area contributed by atoms with Gasteiger partial charge in [-0.25, -0.2) is 4.98 Å². The lowest BCUT2D eigenvalue weighted by atomic mass is 10.1. The average molecular weight is 421 g/mol. The van der Waals surface area contributed by atoms with Gasteiger partial charge in [-0.05, 0) is 23.8 Å². The zero-order valence-electron chi connectivity index (χ0n) is 16.0. The quantitative estimate of drug-likeness (QED) is 0.186. The molecule has 30 heavy (non-hydrogen) atoms. The first kappa shape index (κ1) is 20.7. The van der Waals surface area contributed by atoms with Gasteiger partial charge in [-0.1, -0.05) is 18.2 Å². The van der Waals surface area contributed by atoms with Crippen LogP contribution < -0.4 is 9.47 Å². The maximum absolute atomic E-state index is 11.2. The second kappa shape index (κ2) is 8.98. The predicted molar refractivity (Wildman–Crippen MR) is 112 cm³/mol. The van der Waals surface area contributed by atoms with Gasteiger partial charge in [0.1, 0.15) is 11.1 Å². The van der Waals surface area contributed by atoms with Crippen LogP contribution in [0, 0.1) is 21.4 Å². The summed E-state index contributed by atoms with van der Waals surface area (Å²) in [5.41, 5.74) is 2.09. The van der Waals surface area contributed by atoms with Crippen LogP contribution in [0.2, 0.25) is 0 Å². The molecular formula is C21H15N3O5S. The second-order valence-electron chi connectivity index (χ2n) is 6.02. The molecule has 0 N–H and O–H groups in total. The van der Waals surface area contributed by atoms with Gasteiger partial charge in [-0.15, -0.1) is 11.3 Å². The number of nitrogens with zero attached hydrogens (tertiary/aromatic N) is 3. The zero-order chi connectivity index (χ0) is 21.7. The number of hydrogen-bond acceptors (Lipinski definition) is 8. The van der Waals surface area contributed by atoms with Crippen LogP contribution in [0.3, 0.4) is 0 Å². The van der Waals surface area contributed by atoms with Crippen molar-refractivity contribution in [2.45, 2.75) is 6.92 Å². The Hall–Kier alpha value is -4.03. The number of aromatic nitrogens is 1. The molecular weight excluding hydrogens is 406 g/mol. The van der Waals surface area contributed by atoms with Crippen LogP contribution in [-0.2, 0) is 4.79 Å². The van der Waals surface area contributed by atoms with E-state index < -0.39 is 10.9 Å². The summed E-state index contributed by atoms with van der Waals surface area (Å²) in [6.45, 7) is 1.29. The summed E-state index contributed by atoms with van der Waals surface area (Å²) in [4.78, 5) is 26.1. The molecule has 8 nitrogen and oxygen atoms in total. The smallest absolute Gasteiger partial charge is 0.308 e. The molecule has 0 bridgehead atoms.